The average molecular weight is 193 g/mol. The molecule has 0 bridgehead atoms. The Morgan fingerprint density at radius 3 is 3.07 bits per heavy atom. The van der Waals surface area contributed by atoms with Crippen molar-refractivity contribution >= 4 is 11.5 Å². The van der Waals surface area contributed by atoms with E-state index in [1.165, 1.54) is 0 Å². The third-order valence-electron chi connectivity index (χ3n) is 1.90. The fraction of sp³-hybridized carbons (Fsp3) is 0.400. The van der Waals surface area contributed by atoms with Gasteiger partial charge in [0.25, 0.3) is 0 Å². The van der Waals surface area contributed by atoms with Crippen molar-refractivity contribution in [2.75, 3.05) is 18.8 Å². The van der Waals surface area contributed by atoms with Crippen LogP contribution >= 0.6 is 0 Å². The monoisotopic (exact) mass is 193 g/mol. The highest BCUT2D eigenvalue weighted by Gasteiger charge is 2.05. The smallest absolute Gasteiger partial charge is 0.151 e. The normalized spacial score (nSPS) is 10.1. The number of anilines is 1. The van der Waals surface area contributed by atoms with E-state index in [1.54, 1.807) is 18.5 Å². The van der Waals surface area contributed by atoms with Crippen LogP contribution in [0.5, 0.6) is 0 Å². The SMILES string of the molecule is CCNCC(=O)Cc1cnccc1N. The minimum atomic E-state index is 0.131. The van der Waals surface area contributed by atoms with E-state index in [2.05, 4.69) is 10.3 Å². The molecule has 0 unspecified atom stereocenters. The lowest BCUT2D eigenvalue weighted by atomic mass is 10.1. The van der Waals surface area contributed by atoms with Crippen LogP contribution in [0.3, 0.4) is 0 Å². The lowest BCUT2D eigenvalue weighted by Crippen LogP contribution is -2.24. The van der Waals surface area contributed by atoms with E-state index < -0.39 is 0 Å². The van der Waals surface area contributed by atoms with E-state index in [9.17, 15) is 4.79 Å². The van der Waals surface area contributed by atoms with Crippen molar-refractivity contribution in [3.05, 3.63) is 24.0 Å². The van der Waals surface area contributed by atoms with Gasteiger partial charge < -0.3 is 11.1 Å². The number of nitrogens with one attached hydrogen (secondary N) is 1. The molecule has 0 radical (unpaired) electrons. The van der Waals surface area contributed by atoms with Crippen LogP contribution in [0, 0.1) is 0 Å². The summed E-state index contributed by atoms with van der Waals surface area (Å²) in [6, 6.07) is 1.70. The molecule has 76 valence electrons. The molecule has 0 aliphatic carbocycles. The quantitative estimate of drug-likeness (QED) is 0.709. The molecular formula is C10H15N3O. The predicted octanol–water partition coefficient (Wildman–Crippen LogP) is 0.385. The molecule has 0 aliphatic heterocycles. The summed E-state index contributed by atoms with van der Waals surface area (Å²) < 4.78 is 0. The molecule has 4 heteroatoms. The zero-order valence-corrected chi connectivity index (χ0v) is 8.29. The van der Waals surface area contributed by atoms with E-state index in [-0.39, 0.29) is 5.78 Å². The third kappa shape index (κ3) is 3.14. The largest absolute Gasteiger partial charge is 0.398 e. The van der Waals surface area contributed by atoms with Crippen molar-refractivity contribution in [1.82, 2.24) is 10.3 Å². The second-order valence-electron chi connectivity index (χ2n) is 3.07. The minimum Gasteiger partial charge on any atom is -0.398 e. The second kappa shape index (κ2) is 5.34. The molecule has 0 spiro atoms. The summed E-state index contributed by atoms with van der Waals surface area (Å²) in [6.07, 6.45) is 3.61. The first-order valence-electron chi connectivity index (χ1n) is 4.64. The van der Waals surface area contributed by atoms with Gasteiger partial charge in [-0.25, -0.2) is 0 Å². The Balaban J connectivity index is 2.52. The van der Waals surface area contributed by atoms with Gasteiger partial charge in [0.1, 0.15) is 0 Å². The molecule has 1 aromatic rings. The maximum absolute atomic E-state index is 11.4. The molecule has 3 N–H and O–H groups in total. The summed E-state index contributed by atoms with van der Waals surface area (Å²) in [4.78, 5) is 15.3. The molecule has 4 nitrogen and oxygen atoms in total. The highest BCUT2D eigenvalue weighted by atomic mass is 16.1. The van der Waals surface area contributed by atoms with Crippen molar-refractivity contribution in [2.24, 2.45) is 0 Å². The van der Waals surface area contributed by atoms with Gasteiger partial charge >= 0.3 is 0 Å². The number of rotatable bonds is 5. The van der Waals surface area contributed by atoms with Crippen LogP contribution in [-0.4, -0.2) is 23.9 Å². The lowest BCUT2D eigenvalue weighted by Gasteiger charge is -2.03. The summed E-state index contributed by atoms with van der Waals surface area (Å²) in [5, 5.41) is 2.98. The van der Waals surface area contributed by atoms with Crippen molar-refractivity contribution in [1.29, 1.82) is 0 Å². The van der Waals surface area contributed by atoms with Crippen LogP contribution in [0.15, 0.2) is 18.5 Å². The molecule has 0 fully saturated rings. The van der Waals surface area contributed by atoms with E-state index in [0.717, 1.165) is 12.1 Å². The van der Waals surface area contributed by atoms with E-state index in [1.807, 2.05) is 6.92 Å². The van der Waals surface area contributed by atoms with Crippen molar-refractivity contribution < 1.29 is 4.79 Å². The highest BCUT2D eigenvalue weighted by molar-refractivity contribution is 5.83. The summed E-state index contributed by atoms with van der Waals surface area (Å²) in [5.74, 6) is 0.131. The van der Waals surface area contributed by atoms with E-state index >= 15 is 0 Å². The Morgan fingerprint density at radius 2 is 2.43 bits per heavy atom. The zero-order valence-electron chi connectivity index (χ0n) is 8.29. The Kier molecular flexibility index (Phi) is 4.07. The molecule has 1 heterocycles. The van der Waals surface area contributed by atoms with Crippen LogP contribution < -0.4 is 11.1 Å². The minimum absolute atomic E-state index is 0.131. The maximum Gasteiger partial charge on any atom is 0.151 e. The van der Waals surface area contributed by atoms with Crippen LogP contribution in [0.25, 0.3) is 0 Å². The lowest BCUT2D eigenvalue weighted by molar-refractivity contribution is -0.117. The number of aromatic nitrogens is 1. The molecule has 0 aromatic carbocycles. The number of hydrogen-bond donors (Lipinski definition) is 2. The predicted molar refractivity (Wildman–Crippen MR) is 55.9 cm³/mol. The fourth-order valence-corrected chi connectivity index (χ4v) is 1.12. The third-order valence-corrected chi connectivity index (χ3v) is 1.90. The van der Waals surface area contributed by atoms with Gasteiger partial charge in [0, 0.05) is 30.1 Å². The standard InChI is InChI=1S/C10H15N3O/c1-2-12-7-9(14)5-8-6-13-4-3-10(8)11/h3-4,6,12H,2,5,7H2,1H3,(H2,11,13). The number of pyridine rings is 1. The Hall–Kier alpha value is -1.42. The Morgan fingerprint density at radius 1 is 1.64 bits per heavy atom. The van der Waals surface area contributed by atoms with Gasteiger partial charge in [-0.3, -0.25) is 9.78 Å². The number of nitrogens with zero attached hydrogens (tertiary/aromatic N) is 1. The van der Waals surface area contributed by atoms with Crippen LogP contribution in [-0.2, 0) is 11.2 Å². The van der Waals surface area contributed by atoms with Gasteiger partial charge in [-0.15, -0.1) is 0 Å². The first kappa shape index (κ1) is 10.7. The number of ketones is 1. The molecular weight excluding hydrogens is 178 g/mol. The van der Waals surface area contributed by atoms with Crippen molar-refractivity contribution in [3.63, 3.8) is 0 Å². The molecule has 0 saturated heterocycles. The topological polar surface area (TPSA) is 68.0 Å². The van der Waals surface area contributed by atoms with E-state index in [4.69, 9.17) is 5.73 Å². The summed E-state index contributed by atoms with van der Waals surface area (Å²) in [6.45, 7) is 3.16. The Bertz CT molecular complexity index is 312. The molecule has 1 aromatic heterocycles. The molecule has 0 saturated carbocycles. The molecule has 1 rings (SSSR count). The van der Waals surface area contributed by atoms with E-state index in [0.29, 0.717) is 18.7 Å². The molecule has 14 heavy (non-hydrogen) atoms. The van der Waals surface area contributed by atoms with Gasteiger partial charge in [-0.2, -0.15) is 0 Å². The van der Waals surface area contributed by atoms with Crippen LogP contribution in [0.2, 0.25) is 0 Å². The number of nitrogens with two attached hydrogens (primary N) is 1. The Labute approximate surface area is 83.5 Å². The van der Waals surface area contributed by atoms with Crippen LogP contribution in [0.1, 0.15) is 12.5 Å². The van der Waals surface area contributed by atoms with Gasteiger partial charge in [-0.05, 0) is 12.6 Å². The van der Waals surface area contributed by atoms with Gasteiger partial charge in [-0.1, -0.05) is 6.92 Å². The fourth-order valence-electron chi connectivity index (χ4n) is 1.12. The number of carbonyl (C=O) groups excluding carboxylic acids is 1. The first-order chi connectivity index (χ1) is 6.74. The first-order valence-corrected chi connectivity index (χ1v) is 4.64. The van der Waals surface area contributed by atoms with Gasteiger partial charge in [0.15, 0.2) is 5.78 Å². The molecule has 0 amide bonds. The summed E-state index contributed by atoms with van der Waals surface area (Å²) >= 11 is 0. The maximum atomic E-state index is 11.4. The van der Waals surface area contributed by atoms with Gasteiger partial charge in [0.2, 0.25) is 0 Å². The summed E-state index contributed by atoms with van der Waals surface area (Å²) in [5.41, 5.74) is 7.12. The zero-order chi connectivity index (χ0) is 10.4. The average Bonchev–Trinajstić information content (AvgIpc) is 2.18. The molecule has 0 aliphatic rings. The number of likely N-dealkylation sites (N-methyl/N-ethyl adjacent to an activating group) is 1. The number of Topliss-reactive ketones (excluding diaryl/α,β-unsaturated/α-hetero) is 1. The number of nitrogen functional groups attached to an aromatic ring is 1. The van der Waals surface area contributed by atoms with Crippen molar-refractivity contribution in [3.8, 4) is 0 Å². The number of carbonyl (C=O) groups is 1. The molecule has 0 atom stereocenters. The summed E-state index contributed by atoms with van der Waals surface area (Å²) in [7, 11) is 0. The van der Waals surface area contributed by atoms with Crippen LogP contribution in [0.4, 0.5) is 5.69 Å². The highest BCUT2D eigenvalue weighted by Crippen LogP contribution is 2.09. The van der Waals surface area contributed by atoms with Gasteiger partial charge in [0.05, 0.1) is 6.54 Å². The number of hydrogen-bond acceptors (Lipinski definition) is 4. The van der Waals surface area contributed by atoms with Crippen molar-refractivity contribution in [2.45, 2.75) is 13.3 Å². The second-order valence-corrected chi connectivity index (χ2v) is 3.07.